The van der Waals surface area contributed by atoms with Crippen LogP contribution in [-0.2, 0) is 6.54 Å². The minimum Gasteiger partial charge on any atom is -1.00 e. The van der Waals surface area contributed by atoms with Gasteiger partial charge in [0.1, 0.15) is 5.75 Å². The fraction of sp³-hybridized carbons (Fsp3) is 0.467. The van der Waals surface area contributed by atoms with E-state index in [1.807, 2.05) is 24.3 Å². The Bertz CT molecular complexity index is 1090. The summed E-state index contributed by atoms with van der Waals surface area (Å²) >= 11 is 8.01. The molecule has 0 saturated heterocycles. The van der Waals surface area contributed by atoms with Crippen molar-refractivity contribution in [2.75, 3.05) is 17.2 Å². The number of anilines is 2. The maximum atomic E-state index is 12.5. The van der Waals surface area contributed by atoms with E-state index < -0.39 is 0 Å². The topological polar surface area (TPSA) is 54.2 Å². The van der Waals surface area contributed by atoms with Crippen LogP contribution in [0.3, 0.4) is 0 Å². The molecule has 2 N–H and O–H groups in total. The van der Waals surface area contributed by atoms with Crippen LogP contribution in [0, 0.1) is 6.92 Å². The number of thiazole rings is 1. The lowest BCUT2D eigenvalue weighted by atomic mass is 10.1. The third-order valence-corrected chi connectivity index (χ3v) is 7.55. The number of nitrogens with one attached hydrogen (secondary N) is 2. The Kier molecular flexibility index (Phi) is 15.4. The number of ether oxygens (including phenoxy) is 1. The second kappa shape index (κ2) is 18.2. The van der Waals surface area contributed by atoms with Gasteiger partial charge in [0.15, 0.2) is 12.2 Å². The van der Waals surface area contributed by atoms with Crippen molar-refractivity contribution in [3.63, 3.8) is 0 Å². The zero-order valence-electron chi connectivity index (χ0n) is 22.6. The molecule has 1 heterocycles. The molecule has 0 fully saturated rings. The fourth-order valence-corrected chi connectivity index (χ4v) is 5.12. The summed E-state index contributed by atoms with van der Waals surface area (Å²) in [6.07, 6.45) is 12.8. The molecule has 2 aromatic carbocycles. The highest BCUT2D eigenvalue weighted by atomic mass is 79.9. The van der Waals surface area contributed by atoms with Gasteiger partial charge in [0.05, 0.1) is 17.0 Å². The number of hydrogen-bond donors (Lipinski definition) is 2. The standard InChI is InChI=1S/C30H40ClN3O2S.BrH/c1-3-4-5-6-7-8-9-10-11-12-19-36-29-20-27(17-18-28(29)31)33-30(35)32-26-15-13-25(14-16-26)21-34-23-37-22-24(34)2;/h13-18,20,22-23H,3-12,19,21H2,1-2H3,(H-,32,33,35);1H. The predicted molar refractivity (Wildman–Crippen MR) is 156 cm³/mol. The van der Waals surface area contributed by atoms with Gasteiger partial charge in [0, 0.05) is 29.9 Å². The average Bonchev–Trinajstić information content (AvgIpc) is 3.29. The maximum Gasteiger partial charge on any atom is 0.323 e. The average molecular weight is 623 g/mol. The molecular formula is C30H41BrClN3O2S. The molecule has 3 aromatic rings. The lowest BCUT2D eigenvalue weighted by Gasteiger charge is -2.12. The van der Waals surface area contributed by atoms with Gasteiger partial charge in [-0.15, -0.1) is 0 Å². The van der Waals surface area contributed by atoms with Gasteiger partial charge >= 0.3 is 6.03 Å². The molecule has 208 valence electrons. The maximum absolute atomic E-state index is 12.5. The van der Waals surface area contributed by atoms with E-state index in [2.05, 4.69) is 39.9 Å². The first kappa shape index (κ1) is 32.1. The van der Waals surface area contributed by atoms with Crippen LogP contribution >= 0.6 is 22.9 Å². The summed E-state index contributed by atoms with van der Waals surface area (Å²) in [6, 6.07) is 12.9. The predicted octanol–water partition coefficient (Wildman–Crippen LogP) is 5.99. The van der Waals surface area contributed by atoms with Crippen LogP contribution < -0.4 is 36.9 Å². The number of carbonyl (C=O) groups is 1. The van der Waals surface area contributed by atoms with Crippen LogP contribution in [0.1, 0.15) is 82.4 Å². The first-order valence-electron chi connectivity index (χ1n) is 13.6. The highest BCUT2D eigenvalue weighted by Gasteiger charge is 2.10. The molecule has 0 aliphatic rings. The van der Waals surface area contributed by atoms with Crippen molar-refractivity contribution in [2.45, 2.75) is 84.6 Å². The van der Waals surface area contributed by atoms with Crippen LogP contribution in [0.5, 0.6) is 5.75 Å². The first-order chi connectivity index (χ1) is 18.0. The van der Waals surface area contributed by atoms with Gasteiger partial charge in [-0.2, -0.15) is 4.57 Å². The number of benzene rings is 2. The lowest BCUT2D eigenvalue weighted by molar-refractivity contribution is -0.689. The molecule has 2 amide bonds. The van der Waals surface area contributed by atoms with Crippen molar-refractivity contribution in [2.24, 2.45) is 0 Å². The third-order valence-electron chi connectivity index (χ3n) is 6.39. The molecule has 0 aliphatic carbocycles. The molecule has 1 aromatic heterocycles. The Balaban J connectivity index is 0.00000507. The van der Waals surface area contributed by atoms with Crippen molar-refractivity contribution in [3.05, 3.63) is 69.6 Å². The van der Waals surface area contributed by atoms with Gasteiger partial charge in [-0.25, -0.2) is 4.79 Å². The van der Waals surface area contributed by atoms with Gasteiger partial charge in [0.25, 0.3) is 0 Å². The monoisotopic (exact) mass is 621 g/mol. The van der Waals surface area contributed by atoms with Crippen molar-refractivity contribution >= 4 is 40.3 Å². The number of unbranched alkanes of at least 4 members (excludes halogenated alkanes) is 9. The van der Waals surface area contributed by atoms with Gasteiger partial charge in [-0.05, 0) is 30.7 Å². The number of rotatable bonds is 16. The van der Waals surface area contributed by atoms with E-state index in [0.29, 0.717) is 23.1 Å². The minimum atomic E-state index is -0.307. The third kappa shape index (κ3) is 11.7. The van der Waals surface area contributed by atoms with Crippen molar-refractivity contribution in [1.29, 1.82) is 0 Å². The van der Waals surface area contributed by atoms with Crippen LogP contribution in [0.4, 0.5) is 16.2 Å². The minimum absolute atomic E-state index is 0. The summed E-state index contributed by atoms with van der Waals surface area (Å²) in [7, 11) is 0. The van der Waals surface area contributed by atoms with E-state index in [9.17, 15) is 4.79 Å². The first-order valence-corrected chi connectivity index (χ1v) is 14.9. The highest BCUT2D eigenvalue weighted by molar-refractivity contribution is 7.07. The normalized spacial score (nSPS) is 10.6. The van der Waals surface area contributed by atoms with Gasteiger partial charge < -0.3 is 32.4 Å². The smallest absolute Gasteiger partial charge is 0.323 e. The number of hydrogen-bond acceptors (Lipinski definition) is 3. The summed E-state index contributed by atoms with van der Waals surface area (Å²) < 4.78 is 8.11. The molecule has 0 bridgehead atoms. The second-order valence-electron chi connectivity index (χ2n) is 9.58. The summed E-state index contributed by atoms with van der Waals surface area (Å²) in [5.41, 5.74) is 5.90. The highest BCUT2D eigenvalue weighted by Crippen LogP contribution is 2.28. The molecule has 0 aliphatic heterocycles. The number of carbonyl (C=O) groups excluding carboxylic acids is 1. The van der Waals surface area contributed by atoms with E-state index in [-0.39, 0.29) is 23.0 Å². The number of aromatic nitrogens is 1. The van der Waals surface area contributed by atoms with Crippen LogP contribution in [0.15, 0.2) is 53.4 Å². The number of nitrogens with zero attached hydrogens (tertiary/aromatic N) is 1. The van der Waals surface area contributed by atoms with Crippen LogP contribution in [0.25, 0.3) is 0 Å². The molecule has 0 saturated carbocycles. The molecule has 38 heavy (non-hydrogen) atoms. The number of amides is 2. The van der Waals surface area contributed by atoms with Gasteiger partial charge in [0.2, 0.25) is 5.51 Å². The summed E-state index contributed by atoms with van der Waals surface area (Å²) in [5, 5.41) is 8.43. The van der Waals surface area contributed by atoms with Crippen LogP contribution in [-0.4, -0.2) is 12.6 Å². The molecule has 0 unspecified atom stereocenters. The van der Waals surface area contributed by atoms with Gasteiger partial charge in [-0.3, -0.25) is 0 Å². The van der Waals surface area contributed by atoms with E-state index >= 15 is 0 Å². The summed E-state index contributed by atoms with van der Waals surface area (Å²) in [5.74, 6) is 0.598. The van der Waals surface area contributed by atoms with Crippen molar-refractivity contribution in [1.82, 2.24) is 0 Å². The van der Waals surface area contributed by atoms with Crippen LogP contribution in [0.2, 0.25) is 5.02 Å². The quantitative estimate of drug-likeness (QED) is 0.152. The Morgan fingerprint density at radius 3 is 2.13 bits per heavy atom. The summed E-state index contributed by atoms with van der Waals surface area (Å²) in [4.78, 5) is 12.5. The van der Waals surface area contributed by atoms with Crippen molar-refractivity contribution in [3.8, 4) is 5.75 Å². The molecule has 0 radical (unpaired) electrons. The Labute approximate surface area is 247 Å². The Morgan fingerprint density at radius 2 is 1.50 bits per heavy atom. The molecule has 5 nitrogen and oxygen atoms in total. The zero-order valence-corrected chi connectivity index (χ0v) is 25.8. The van der Waals surface area contributed by atoms with Gasteiger partial charge in [-0.1, -0.05) is 99.8 Å². The molecule has 8 heteroatoms. The van der Waals surface area contributed by atoms with E-state index in [1.54, 1.807) is 29.5 Å². The molecular weight excluding hydrogens is 582 g/mol. The Morgan fingerprint density at radius 1 is 0.895 bits per heavy atom. The number of halogens is 2. The largest absolute Gasteiger partial charge is 1.00 e. The van der Waals surface area contributed by atoms with E-state index in [1.165, 1.54) is 62.6 Å². The molecule has 0 atom stereocenters. The lowest BCUT2D eigenvalue weighted by Crippen LogP contribution is -3.00. The second-order valence-corrected chi connectivity index (χ2v) is 10.7. The zero-order chi connectivity index (χ0) is 26.3. The number of aryl methyl sites for hydroxylation is 1. The summed E-state index contributed by atoms with van der Waals surface area (Å²) in [6.45, 7) is 5.80. The number of urea groups is 1. The molecule has 0 spiro atoms. The van der Waals surface area contributed by atoms with Crippen molar-refractivity contribution < 1.29 is 31.1 Å². The Hall–Kier alpha value is -2.09. The fourth-order valence-electron chi connectivity index (χ4n) is 4.16. The molecule has 3 rings (SSSR count). The van der Waals surface area contributed by atoms with E-state index in [4.69, 9.17) is 16.3 Å². The van der Waals surface area contributed by atoms with E-state index in [0.717, 1.165) is 25.1 Å². The SMILES string of the molecule is CCCCCCCCCCCCOc1cc(NC(=O)Nc2ccc(C[n+]3cscc3C)cc2)ccc1Cl.[Br-].